The van der Waals surface area contributed by atoms with Crippen molar-refractivity contribution in [1.29, 1.82) is 0 Å². The smallest absolute Gasteiger partial charge is 0.408 e. The number of ketones is 1. The highest BCUT2D eigenvalue weighted by atomic mass is 16.6. The SMILES string of the molecule is CC(NC(=O)OC(C)(C)C)C(=O)CCC1CCC1. The highest BCUT2D eigenvalue weighted by Crippen LogP contribution is 2.30. The largest absolute Gasteiger partial charge is 0.444 e. The first-order valence-corrected chi connectivity index (χ1v) is 6.80. The third kappa shape index (κ3) is 5.52. The minimum Gasteiger partial charge on any atom is -0.444 e. The molecular weight excluding hydrogens is 230 g/mol. The molecule has 0 radical (unpaired) electrons. The maximum absolute atomic E-state index is 11.8. The Kier molecular flexibility index (Phi) is 5.17. The molecule has 1 unspecified atom stereocenters. The molecule has 4 heteroatoms. The van der Waals surface area contributed by atoms with Gasteiger partial charge in [-0.15, -0.1) is 0 Å². The Hall–Kier alpha value is -1.06. The molecule has 0 bridgehead atoms. The number of Topliss-reactive ketones (excluding diaryl/α,β-unsaturated/α-hetero) is 1. The molecule has 1 aliphatic rings. The lowest BCUT2D eigenvalue weighted by Gasteiger charge is -2.25. The van der Waals surface area contributed by atoms with Crippen molar-refractivity contribution in [3.8, 4) is 0 Å². The number of carbonyl (C=O) groups excluding carboxylic acids is 2. The average Bonchev–Trinajstić information content (AvgIpc) is 2.11. The van der Waals surface area contributed by atoms with Crippen molar-refractivity contribution in [2.45, 2.75) is 71.4 Å². The maximum Gasteiger partial charge on any atom is 0.408 e. The van der Waals surface area contributed by atoms with E-state index in [0.717, 1.165) is 12.3 Å². The molecule has 4 nitrogen and oxygen atoms in total. The summed E-state index contributed by atoms with van der Waals surface area (Å²) < 4.78 is 5.11. The first-order valence-electron chi connectivity index (χ1n) is 6.80. The van der Waals surface area contributed by atoms with Gasteiger partial charge in [-0.05, 0) is 40.0 Å². The highest BCUT2D eigenvalue weighted by Gasteiger charge is 2.23. The van der Waals surface area contributed by atoms with Gasteiger partial charge in [-0.2, -0.15) is 0 Å². The highest BCUT2D eigenvalue weighted by molar-refractivity contribution is 5.87. The van der Waals surface area contributed by atoms with Gasteiger partial charge in [-0.1, -0.05) is 19.3 Å². The van der Waals surface area contributed by atoms with E-state index in [9.17, 15) is 9.59 Å². The fraction of sp³-hybridized carbons (Fsp3) is 0.857. The van der Waals surface area contributed by atoms with E-state index in [-0.39, 0.29) is 5.78 Å². The predicted octanol–water partition coefficient (Wildman–Crippen LogP) is 3.05. The number of rotatable bonds is 5. The van der Waals surface area contributed by atoms with Crippen molar-refractivity contribution < 1.29 is 14.3 Å². The second-order valence-corrected chi connectivity index (χ2v) is 6.17. The summed E-state index contributed by atoms with van der Waals surface area (Å²) in [5, 5.41) is 2.59. The average molecular weight is 255 g/mol. The molecule has 0 heterocycles. The van der Waals surface area contributed by atoms with Gasteiger partial charge in [0, 0.05) is 6.42 Å². The lowest BCUT2D eigenvalue weighted by molar-refractivity contribution is -0.121. The van der Waals surface area contributed by atoms with E-state index in [4.69, 9.17) is 4.74 Å². The first kappa shape index (κ1) is 15.0. The molecule has 1 atom stereocenters. The Balaban J connectivity index is 2.23. The molecule has 0 aliphatic heterocycles. The van der Waals surface area contributed by atoms with Crippen LogP contribution in [0.15, 0.2) is 0 Å². The summed E-state index contributed by atoms with van der Waals surface area (Å²) in [6, 6.07) is -0.458. The molecule has 1 amide bonds. The second-order valence-electron chi connectivity index (χ2n) is 6.17. The summed E-state index contributed by atoms with van der Waals surface area (Å²) in [5.74, 6) is 0.815. The lowest BCUT2D eigenvalue weighted by Crippen LogP contribution is -2.41. The summed E-state index contributed by atoms with van der Waals surface area (Å²) in [6.45, 7) is 7.12. The van der Waals surface area contributed by atoms with Crippen LogP contribution in [0.2, 0.25) is 0 Å². The number of nitrogens with one attached hydrogen (secondary N) is 1. The molecule has 1 saturated carbocycles. The van der Waals surface area contributed by atoms with Crippen LogP contribution < -0.4 is 5.32 Å². The summed E-state index contributed by atoms with van der Waals surface area (Å²) in [5.41, 5.74) is -0.529. The van der Waals surface area contributed by atoms with E-state index >= 15 is 0 Å². The summed E-state index contributed by atoms with van der Waals surface area (Å²) >= 11 is 0. The normalized spacial score (nSPS) is 17.8. The monoisotopic (exact) mass is 255 g/mol. The van der Waals surface area contributed by atoms with Gasteiger partial charge in [0.05, 0.1) is 6.04 Å². The van der Waals surface area contributed by atoms with Crippen LogP contribution in [0.5, 0.6) is 0 Å². The van der Waals surface area contributed by atoms with Crippen LogP contribution in [-0.2, 0) is 9.53 Å². The fourth-order valence-corrected chi connectivity index (χ4v) is 1.91. The van der Waals surface area contributed by atoms with Gasteiger partial charge in [-0.25, -0.2) is 4.79 Å². The second kappa shape index (κ2) is 6.21. The number of alkyl carbamates (subject to hydrolysis) is 1. The van der Waals surface area contributed by atoms with E-state index in [1.54, 1.807) is 27.7 Å². The van der Waals surface area contributed by atoms with Crippen LogP contribution in [0.4, 0.5) is 4.79 Å². The van der Waals surface area contributed by atoms with Crippen molar-refractivity contribution in [2.24, 2.45) is 5.92 Å². The molecular formula is C14H25NO3. The van der Waals surface area contributed by atoms with Gasteiger partial charge in [0.1, 0.15) is 5.60 Å². The molecule has 18 heavy (non-hydrogen) atoms. The molecule has 0 aromatic rings. The zero-order valence-corrected chi connectivity index (χ0v) is 11.9. The Bertz CT molecular complexity index is 303. The Morgan fingerprint density at radius 3 is 2.39 bits per heavy atom. The fourth-order valence-electron chi connectivity index (χ4n) is 1.91. The maximum atomic E-state index is 11.8. The Morgan fingerprint density at radius 1 is 1.33 bits per heavy atom. The number of hydrogen-bond donors (Lipinski definition) is 1. The van der Waals surface area contributed by atoms with Crippen LogP contribution >= 0.6 is 0 Å². The van der Waals surface area contributed by atoms with Gasteiger partial charge in [0.2, 0.25) is 0 Å². The van der Waals surface area contributed by atoms with Crippen molar-refractivity contribution in [2.75, 3.05) is 0 Å². The van der Waals surface area contributed by atoms with Crippen molar-refractivity contribution in [3.05, 3.63) is 0 Å². The molecule has 104 valence electrons. The van der Waals surface area contributed by atoms with Gasteiger partial charge in [0.25, 0.3) is 0 Å². The number of hydrogen-bond acceptors (Lipinski definition) is 3. The zero-order chi connectivity index (χ0) is 13.8. The van der Waals surface area contributed by atoms with Gasteiger partial charge in [-0.3, -0.25) is 4.79 Å². The van der Waals surface area contributed by atoms with Gasteiger partial charge < -0.3 is 10.1 Å². The molecule has 1 aliphatic carbocycles. The van der Waals surface area contributed by atoms with Crippen LogP contribution in [0.25, 0.3) is 0 Å². The summed E-state index contributed by atoms with van der Waals surface area (Å²) in [7, 11) is 0. The molecule has 0 aromatic carbocycles. The van der Waals surface area contributed by atoms with Crippen molar-refractivity contribution >= 4 is 11.9 Å². The molecule has 1 fully saturated rings. The van der Waals surface area contributed by atoms with E-state index in [1.807, 2.05) is 0 Å². The number of ether oxygens (including phenoxy) is 1. The van der Waals surface area contributed by atoms with Gasteiger partial charge >= 0.3 is 6.09 Å². The minimum absolute atomic E-state index is 0.0905. The van der Waals surface area contributed by atoms with Crippen LogP contribution in [0.1, 0.15) is 59.8 Å². The zero-order valence-electron chi connectivity index (χ0n) is 11.9. The topological polar surface area (TPSA) is 55.4 Å². The van der Waals surface area contributed by atoms with Crippen LogP contribution in [-0.4, -0.2) is 23.5 Å². The van der Waals surface area contributed by atoms with E-state index < -0.39 is 17.7 Å². The van der Waals surface area contributed by atoms with Crippen LogP contribution in [0, 0.1) is 5.92 Å². The predicted molar refractivity (Wildman–Crippen MR) is 70.4 cm³/mol. The lowest BCUT2D eigenvalue weighted by atomic mass is 9.81. The van der Waals surface area contributed by atoms with E-state index in [0.29, 0.717) is 6.42 Å². The van der Waals surface area contributed by atoms with Crippen LogP contribution in [0.3, 0.4) is 0 Å². The van der Waals surface area contributed by atoms with Gasteiger partial charge in [0.15, 0.2) is 5.78 Å². The van der Waals surface area contributed by atoms with E-state index in [1.165, 1.54) is 19.3 Å². The molecule has 0 saturated heterocycles. The summed E-state index contributed by atoms with van der Waals surface area (Å²) in [6.07, 6.45) is 4.79. The molecule has 0 aromatic heterocycles. The standard InChI is InChI=1S/C14H25NO3/c1-10(15-13(17)18-14(2,3)4)12(16)9-8-11-6-5-7-11/h10-11H,5-9H2,1-4H3,(H,15,17). The Labute approximate surface area is 109 Å². The molecule has 1 rings (SSSR count). The Morgan fingerprint density at radius 2 is 1.94 bits per heavy atom. The number of amides is 1. The summed E-state index contributed by atoms with van der Waals surface area (Å²) in [4.78, 5) is 23.3. The third-order valence-corrected chi connectivity index (χ3v) is 3.24. The minimum atomic E-state index is -0.529. The molecule has 0 spiro atoms. The first-order chi connectivity index (χ1) is 8.28. The van der Waals surface area contributed by atoms with E-state index in [2.05, 4.69) is 5.32 Å². The van der Waals surface area contributed by atoms with Crippen molar-refractivity contribution in [3.63, 3.8) is 0 Å². The third-order valence-electron chi connectivity index (χ3n) is 3.24. The number of carbonyl (C=O) groups is 2. The van der Waals surface area contributed by atoms with Crippen molar-refractivity contribution in [1.82, 2.24) is 5.32 Å². The quantitative estimate of drug-likeness (QED) is 0.821. The molecule has 1 N–H and O–H groups in total.